The van der Waals surface area contributed by atoms with Crippen molar-refractivity contribution in [2.24, 2.45) is 0 Å². The molecule has 2 aliphatic heterocycles. The van der Waals surface area contributed by atoms with Crippen LogP contribution in [-0.2, 0) is 14.3 Å². The standard InChI is InChI=1S/C24H31N3O7/c1-30-17-5-6-21(31-2)19(14-17)22-15-20(25-34-22)24(29)27(16-18-4-3-11-33-18)8-7-23(28)26-9-12-32-13-10-26/h5-6,14-15,18H,3-4,7-13,16H2,1-2H3/t18-/m1/s1. The molecule has 2 amide bonds. The summed E-state index contributed by atoms with van der Waals surface area (Å²) in [5.74, 6) is 1.29. The highest BCUT2D eigenvalue weighted by Crippen LogP contribution is 2.34. The first-order chi connectivity index (χ1) is 16.6. The molecule has 10 heteroatoms. The lowest BCUT2D eigenvalue weighted by atomic mass is 10.1. The van der Waals surface area contributed by atoms with Crippen LogP contribution in [-0.4, -0.2) is 93.1 Å². The lowest BCUT2D eigenvalue weighted by Crippen LogP contribution is -2.44. The van der Waals surface area contributed by atoms with Gasteiger partial charge in [-0.25, -0.2) is 0 Å². The molecular weight excluding hydrogens is 442 g/mol. The summed E-state index contributed by atoms with van der Waals surface area (Å²) >= 11 is 0. The first-order valence-electron chi connectivity index (χ1n) is 11.5. The third-order valence-electron chi connectivity index (χ3n) is 6.10. The van der Waals surface area contributed by atoms with Crippen molar-refractivity contribution in [2.75, 3.05) is 60.2 Å². The molecule has 0 N–H and O–H groups in total. The van der Waals surface area contributed by atoms with E-state index in [0.29, 0.717) is 62.3 Å². The van der Waals surface area contributed by atoms with Gasteiger partial charge in [-0.2, -0.15) is 0 Å². The van der Waals surface area contributed by atoms with Crippen molar-refractivity contribution in [1.82, 2.24) is 15.0 Å². The van der Waals surface area contributed by atoms with Crippen LogP contribution in [0.3, 0.4) is 0 Å². The second-order valence-electron chi connectivity index (χ2n) is 8.27. The predicted octanol–water partition coefficient (Wildman–Crippen LogP) is 2.23. The van der Waals surface area contributed by atoms with Gasteiger partial charge in [0.15, 0.2) is 11.5 Å². The summed E-state index contributed by atoms with van der Waals surface area (Å²) in [7, 11) is 3.13. The van der Waals surface area contributed by atoms with Gasteiger partial charge in [-0.05, 0) is 31.0 Å². The summed E-state index contributed by atoms with van der Waals surface area (Å²) < 4.78 is 27.3. The Balaban J connectivity index is 1.49. The molecule has 0 unspecified atom stereocenters. The first-order valence-corrected chi connectivity index (χ1v) is 11.5. The Kier molecular flexibility index (Phi) is 8.02. The number of morpholine rings is 1. The van der Waals surface area contributed by atoms with Crippen LogP contribution in [0.4, 0.5) is 0 Å². The lowest BCUT2D eigenvalue weighted by Gasteiger charge is -2.29. The van der Waals surface area contributed by atoms with E-state index in [1.54, 1.807) is 48.3 Å². The maximum Gasteiger partial charge on any atom is 0.276 e. The number of ether oxygens (including phenoxy) is 4. The highest BCUT2D eigenvalue weighted by atomic mass is 16.5. The average Bonchev–Trinajstić information content (AvgIpc) is 3.58. The van der Waals surface area contributed by atoms with Crippen molar-refractivity contribution in [1.29, 1.82) is 0 Å². The van der Waals surface area contributed by atoms with Crippen molar-refractivity contribution >= 4 is 11.8 Å². The normalized spacial score (nSPS) is 18.1. The quantitative estimate of drug-likeness (QED) is 0.546. The third kappa shape index (κ3) is 5.68. The number of carbonyl (C=O) groups is 2. The fourth-order valence-electron chi connectivity index (χ4n) is 4.18. The second kappa shape index (κ2) is 11.3. The summed E-state index contributed by atoms with van der Waals surface area (Å²) in [6, 6.07) is 6.89. The molecule has 2 fully saturated rings. The smallest absolute Gasteiger partial charge is 0.276 e. The maximum absolute atomic E-state index is 13.4. The number of hydrogen-bond donors (Lipinski definition) is 0. The summed E-state index contributed by atoms with van der Waals surface area (Å²) in [6.07, 6.45) is 2.02. The number of hydrogen-bond acceptors (Lipinski definition) is 8. The number of amides is 2. The summed E-state index contributed by atoms with van der Waals surface area (Å²) in [5.41, 5.74) is 0.790. The Hall–Kier alpha value is -3.11. The fraction of sp³-hybridized carbons (Fsp3) is 0.542. The van der Waals surface area contributed by atoms with Gasteiger partial charge in [0.05, 0.1) is 39.1 Å². The van der Waals surface area contributed by atoms with Crippen molar-refractivity contribution in [2.45, 2.75) is 25.4 Å². The molecule has 0 radical (unpaired) electrons. The fourth-order valence-corrected chi connectivity index (χ4v) is 4.18. The van der Waals surface area contributed by atoms with E-state index in [-0.39, 0.29) is 36.6 Å². The zero-order valence-corrected chi connectivity index (χ0v) is 19.7. The minimum Gasteiger partial charge on any atom is -0.497 e. The van der Waals surface area contributed by atoms with Crippen molar-refractivity contribution in [3.8, 4) is 22.8 Å². The molecule has 3 heterocycles. The predicted molar refractivity (Wildman–Crippen MR) is 122 cm³/mol. The number of nitrogens with zero attached hydrogens (tertiary/aromatic N) is 3. The Labute approximate surface area is 198 Å². The molecule has 1 aromatic heterocycles. The SMILES string of the molecule is COc1ccc(OC)c(-c2cc(C(=O)N(CCC(=O)N3CCOCC3)C[C@H]3CCCO3)no2)c1. The summed E-state index contributed by atoms with van der Waals surface area (Å²) in [4.78, 5) is 29.5. The molecule has 10 nitrogen and oxygen atoms in total. The van der Waals surface area contributed by atoms with Gasteiger partial charge in [0.2, 0.25) is 5.91 Å². The molecule has 0 bridgehead atoms. The van der Waals surface area contributed by atoms with E-state index < -0.39 is 0 Å². The largest absolute Gasteiger partial charge is 0.497 e. The van der Waals surface area contributed by atoms with Crippen LogP contribution < -0.4 is 9.47 Å². The average molecular weight is 474 g/mol. The van der Waals surface area contributed by atoms with Crippen molar-refractivity contribution in [3.05, 3.63) is 30.0 Å². The maximum atomic E-state index is 13.4. The summed E-state index contributed by atoms with van der Waals surface area (Å²) in [5, 5.41) is 4.02. The van der Waals surface area contributed by atoms with Gasteiger partial charge >= 0.3 is 0 Å². The minimum atomic E-state index is -0.304. The molecule has 0 aliphatic carbocycles. The number of benzene rings is 1. The third-order valence-corrected chi connectivity index (χ3v) is 6.10. The monoisotopic (exact) mass is 473 g/mol. The van der Waals surface area contributed by atoms with Crippen molar-refractivity contribution < 1.29 is 33.1 Å². The molecule has 34 heavy (non-hydrogen) atoms. The van der Waals surface area contributed by atoms with Crippen molar-refractivity contribution in [3.63, 3.8) is 0 Å². The number of aromatic nitrogens is 1. The van der Waals surface area contributed by atoms with Crippen LogP contribution in [0.15, 0.2) is 28.8 Å². The number of methoxy groups -OCH3 is 2. The molecule has 4 rings (SSSR count). The molecule has 2 aliphatic rings. The van der Waals surface area contributed by atoms with Gasteiger partial charge < -0.3 is 33.3 Å². The molecule has 0 saturated carbocycles. The van der Waals surface area contributed by atoms with E-state index in [0.717, 1.165) is 12.8 Å². The molecule has 1 atom stereocenters. The Bertz CT molecular complexity index is 981. The molecule has 0 spiro atoms. The Morgan fingerprint density at radius 1 is 1.15 bits per heavy atom. The number of carbonyl (C=O) groups excluding carboxylic acids is 2. The van der Waals surface area contributed by atoms with E-state index >= 15 is 0 Å². The topological polar surface area (TPSA) is 104 Å². The van der Waals surface area contributed by atoms with E-state index in [1.807, 2.05) is 0 Å². The van der Waals surface area contributed by atoms with Gasteiger partial charge in [-0.3, -0.25) is 9.59 Å². The van der Waals surface area contributed by atoms with E-state index in [4.69, 9.17) is 23.5 Å². The molecule has 184 valence electrons. The molecular formula is C24H31N3O7. The van der Waals surface area contributed by atoms with Gasteiger partial charge in [0.25, 0.3) is 5.91 Å². The van der Waals surface area contributed by atoms with Crippen LogP contribution in [0.5, 0.6) is 11.5 Å². The van der Waals surface area contributed by atoms with E-state index in [9.17, 15) is 9.59 Å². The lowest BCUT2D eigenvalue weighted by molar-refractivity contribution is -0.135. The minimum absolute atomic E-state index is 0.00963. The van der Waals surface area contributed by atoms with Crippen LogP contribution in [0, 0.1) is 0 Å². The first kappa shape index (κ1) is 24.0. The van der Waals surface area contributed by atoms with Crippen LogP contribution in [0.1, 0.15) is 29.8 Å². The van der Waals surface area contributed by atoms with Gasteiger partial charge in [-0.1, -0.05) is 5.16 Å². The highest BCUT2D eigenvalue weighted by molar-refractivity contribution is 5.93. The zero-order chi connectivity index (χ0) is 23.9. The van der Waals surface area contributed by atoms with Gasteiger partial charge in [-0.15, -0.1) is 0 Å². The van der Waals surface area contributed by atoms with E-state index in [1.165, 1.54) is 0 Å². The zero-order valence-electron chi connectivity index (χ0n) is 19.7. The number of rotatable bonds is 9. The van der Waals surface area contributed by atoms with Crippen LogP contribution in [0.25, 0.3) is 11.3 Å². The summed E-state index contributed by atoms with van der Waals surface area (Å²) in [6.45, 7) is 3.60. The van der Waals surface area contributed by atoms with Gasteiger partial charge in [0, 0.05) is 45.3 Å². The molecule has 2 saturated heterocycles. The Morgan fingerprint density at radius 3 is 2.68 bits per heavy atom. The molecule has 1 aromatic carbocycles. The molecule has 2 aromatic rings. The van der Waals surface area contributed by atoms with Crippen LogP contribution in [0.2, 0.25) is 0 Å². The van der Waals surface area contributed by atoms with E-state index in [2.05, 4.69) is 5.16 Å². The van der Waals surface area contributed by atoms with Gasteiger partial charge in [0.1, 0.15) is 11.5 Å². The van der Waals surface area contributed by atoms with Crippen LogP contribution >= 0.6 is 0 Å². The second-order valence-corrected chi connectivity index (χ2v) is 8.27. The highest BCUT2D eigenvalue weighted by Gasteiger charge is 2.27. The Morgan fingerprint density at radius 2 is 1.97 bits per heavy atom.